The predicted octanol–water partition coefficient (Wildman–Crippen LogP) is 1.66. The van der Waals surface area contributed by atoms with Gasteiger partial charge in [-0.25, -0.2) is 0 Å². The second-order valence-corrected chi connectivity index (χ2v) is 4.65. The monoisotopic (exact) mass is 219 g/mol. The topological polar surface area (TPSA) is 28.2 Å². The highest BCUT2D eigenvalue weighted by atomic mass is 15.2. The minimum atomic E-state index is 0.554. The Bertz CT molecular complexity index is 293. The molecular weight excluding hydrogens is 198 g/mol. The Kier molecular flexibility index (Phi) is 4.31. The van der Waals surface area contributed by atoms with Crippen LogP contribution in [-0.2, 0) is 6.54 Å². The Morgan fingerprint density at radius 1 is 1.44 bits per heavy atom. The van der Waals surface area contributed by atoms with Gasteiger partial charge in [0.1, 0.15) is 0 Å². The molecule has 0 spiro atoms. The number of hydrogen-bond acceptors (Lipinski definition) is 3. The van der Waals surface area contributed by atoms with Crippen molar-refractivity contribution in [1.29, 1.82) is 0 Å². The third-order valence-corrected chi connectivity index (χ3v) is 3.11. The molecule has 88 valence electrons. The SMILES string of the molecule is CC(CN1CCCC1)NCc1cccnc1. The summed E-state index contributed by atoms with van der Waals surface area (Å²) < 4.78 is 0. The molecule has 1 saturated heterocycles. The van der Waals surface area contributed by atoms with E-state index in [-0.39, 0.29) is 0 Å². The van der Waals surface area contributed by atoms with Gasteiger partial charge in [-0.1, -0.05) is 6.07 Å². The molecule has 1 aliphatic heterocycles. The third kappa shape index (κ3) is 3.58. The minimum Gasteiger partial charge on any atom is -0.309 e. The van der Waals surface area contributed by atoms with Crippen molar-refractivity contribution in [2.75, 3.05) is 19.6 Å². The molecule has 1 aromatic heterocycles. The lowest BCUT2D eigenvalue weighted by molar-refractivity contribution is 0.298. The van der Waals surface area contributed by atoms with Crippen LogP contribution < -0.4 is 5.32 Å². The molecule has 3 heteroatoms. The van der Waals surface area contributed by atoms with Gasteiger partial charge in [0.05, 0.1) is 0 Å². The smallest absolute Gasteiger partial charge is 0.0312 e. The fraction of sp³-hybridized carbons (Fsp3) is 0.615. The van der Waals surface area contributed by atoms with Crippen LogP contribution in [0.5, 0.6) is 0 Å². The summed E-state index contributed by atoms with van der Waals surface area (Å²) in [5.41, 5.74) is 1.26. The van der Waals surface area contributed by atoms with Gasteiger partial charge in [-0.05, 0) is 44.5 Å². The number of pyridine rings is 1. The van der Waals surface area contributed by atoms with E-state index in [1.807, 2.05) is 18.5 Å². The fourth-order valence-electron chi connectivity index (χ4n) is 2.21. The Morgan fingerprint density at radius 3 is 2.94 bits per heavy atom. The van der Waals surface area contributed by atoms with Crippen molar-refractivity contribution in [3.05, 3.63) is 30.1 Å². The van der Waals surface area contributed by atoms with Crippen LogP contribution in [-0.4, -0.2) is 35.6 Å². The third-order valence-electron chi connectivity index (χ3n) is 3.11. The summed E-state index contributed by atoms with van der Waals surface area (Å²) in [5.74, 6) is 0. The first-order valence-electron chi connectivity index (χ1n) is 6.19. The van der Waals surface area contributed by atoms with Crippen LogP contribution in [0.25, 0.3) is 0 Å². The van der Waals surface area contributed by atoms with Crippen LogP contribution in [0.3, 0.4) is 0 Å². The summed E-state index contributed by atoms with van der Waals surface area (Å²) in [7, 11) is 0. The molecule has 1 atom stereocenters. The van der Waals surface area contributed by atoms with Crippen molar-refractivity contribution < 1.29 is 0 Å². The standard InChI is InChI=1S/C13H21N3/c1-12(11-16-7-2-3-8-16)15-10-13-5-4-6-14-9-13/h4-6,9,12,15H,2-3,7-8,10-11H2,1H3. The molecule has 0 bridgehead atoms. The van der Waals surface area contributed by atoms with Gasteiger partial charge in [0, 0.05) is 31.5 Å². The summed E-state index contributed by atoms with van der Waals surface area (Å²) in [5, 5.41) is 3.54. The Balaban J connectivity index is 1.69. The van der Waals surface area contributed by atoms with Crippen LogP contribution in [0.1, 0.15) is 25.3 Å². The number of nitrogens with one attached hydrogen (secondary N) is 1. The first-order chi connectivity index (χ1) is 7.84. The van der Waals surface area contributed by atoms with Crippen LogP contribution in [0.2, 0.25) is 0 Å². The van der Waals surface area contributed by atoms with Gasteiger partial charge in [-0.2, -0.15) is 0 Å². The predicted molar refractivity (Wildman–Crippen MR) is 66.2 cm³/mol. The molecule has 0 aromatic carbocycles. The second-order valence-electron chi connectivity index (χ2n) is 4.65. The second kappa shape index (κ2) is 5.97. The molecule has 0 radical (unpaired) electrons. The van der Waals surface area contributed by atoms with E-state index in [1.165, 1.54) is 38.0 Å². The van der Waals surface area contributed by atoms with Crippen molar-refractivity contribution in [3.8, 4) is 0 Å². The first kappa shape index (κ1) is 11.6. The number of nitrogens with zero attached hydrogens (tertiary/aromatic N) is 2. The van der Waals surface area contributed by atoms with Gasteiger partial charge < -0.3 is 10.2 Å². The summed E-state index contributed by atoms with van der Waals surface area (Å²) in [4.78, 5) is 6.66. The Hall–Kier alpha value is -0.930. The van der Waals surface area contributed by atoms with Crippen molar-refractivity contribution in [3.63, 3.8) is 0 Å². The molecule has 1 aliphatic rings. The number of likely N-dealkylation sites (tertiary alicyclic amines) is 1. The van der Waals surface area contributed by atoms with Crippen LogP contribution >= 0.6 is 0 Å². The molecule has 1 fully saturated rings. The molecule has 0 amide bonds. The highest BCUT2D eigenvalue weighted by Gasteiger charge is 2.13. The lowest BCUT2D eigenvalue weighted by Crippen LogP contribution is -2.37. The normalized spacial score (nSPS) is 18.8. The zero-order valence-electron chi connectivity index (χ0n) is 10.0. The minimum absolute atomic E-state index is 0.554. The van der Waals surface area contributed by atoms with E-state index in [4.69, 9.17) is 0 Å². The van der Waals surface area contributed by atoms with E-state index in [9.17, 15) is 0 Å². The summed E-state index contributed by atoms with van der Waals surface area (Å²) in [6.07, 6.45) is 6.48. The summed E-state index contributed by atoms with van der Waals surface area (Å²) in [6.45, 7) is 6.90. The van der Waals surface area contributed by atoms with Gasteiger partial charge in [0.15, 0.2) is 0 Å². The summed E-state index contributed by atoms with van der Waals surface area (Å²) in [6, 6.07) is 4.66. The first-order valence-corrected chi connectivity index (χ1v) is 6.19. The van der Waals surface area contributed by atoms with Crippen molar-refractivity contribution >= 4 is 0 Å². The van der Waals surface area contributed by atoms with Crippen LogP contribution in [0, 0.1) is 0 Å². The zero-order valence-corrected chi connectivity index (χ0v) is 10.0. The molecule has 2 heterocycles. The zero-order chi connectivity index (χ0) is 11.2. The molecule has 1 unspecified atom stereocenters. The van der Waals surface area contributed by atoms with Crippen LogP contribution in [0.15, 0.2) is 24.5 Å². The molecule has 2 rings (SSSR count). The molecular formula is C13H21N3. The van der Waals surface area contributed by atoms with Crippen molar-refractivity contribution in [2.45, 2.75) is 32.4 Å². The van der Waals surface area contributed by atoms with Crippen molar-refractivity contribution in [1.82, 2.24) is 15.2 Å². The van der Waals surface area contributed by atoms with E-state index in [0.29, 0.717) is 6.04 Å². The van der Waals surface area contributed by atoms with Gasteiger partial charge in [-0.15, -0.1) is 0 Å². The molecule has 1 N–H and O–H groups in total. The lowest BCUT2D eigenvalue weighted by atomic mass is 10.2. The largest absolute Gasteiger partial charge is 0.309 e. The molecule has 16 heavy (non-hydrogen) atoms. The molecule has 0 aliphatic carbocycles. The highest BCUT2D eigenvalue weighted by Crippen LogP contribution is 2.07. The molecule has 1 aromatic rings. The number of aromatic nitrogens is 1. The van der Waals surface area contributed by atoms with Gasteiger partial charge in [0.2, 0.25) is 0 Å². The average Bonchev–Trinajstić information content (AvgIpc) is 2.81. The van der Waals surface area contributed by atoms with E-state index >= 15 is 0 Å². The maximum Gasteiger partial charge on any atom is 0.0312 e. The molecule has 3 nitrogen and oxygen atoms in total. The average molecular weight is 219 g/mol. The van der Waals surface area contributed by atoms with Crippen LogP contribution in [0.4, 0.5) is 0 Å². The van der Waals surface area contributed by atoms with Gasteiger partial charge >= 0.3 is 0 Å². The Labute approximate surface area is 97.9 Å². The van der Waals surface area contributed by atoms with Crippen molar-refractivity contribution in [2.24, 2.45) is 0 Å². The number of rotatable bonds is 5. The molecule has 0 saturated carbocycles. The van der Waals surface area contributed by atoms with E-state index in [0.717, 1.165) is 6.54 Å². The highest BCUT2D eigenvalue weighted by molar-refractivity contribution is 5.07. The Morgan fingerprint density at radius 2 is 2.25 bits per heavy atom. The summed E-state index contributed by atoms with van der Waals surface area (Å²) >= 11 is 0. The lowest BCUT2D eigenvalue weighted by Gasteiger charge is -2.21. The maximum atomic E-state index is 4.12. The number of hydrogen-bond donors (Lipinski definition) is 1. The van der Waals surface area contributed by atoms with E-state index in [2.05, 4.69) is 28.2 Å². The quantitative estimate of drug-likeness (QED) is 0.816. The fourth-order valence-corrected chi connectivity index (χ4v) is 2.21. The van der Waals surface area contributed by atoms with Gasteiger partial charge in [-0.3, -0.25) is 4.98 Å². The maximum absolute atomic E-state index is 4.12. The van der Waals surface area contributed by atoms with E-state index < -0.39 is 0 Å². The van der Waals surface area contributed by atoms with E-state index in [1.54, 1.807) is 0 Å². The van der Waals surface area contributed by atoms with Gasteiger partial charge in [0.25, 0.3) is 0 Å².